The molecule has 6 nitrogen and oxygen atoms in total. The zero-order valence-electron chi connectivity index (χ0n) is 11.6. The van der Waals surface area contributed by atoms with Crippen molar-refractivity contribution in [1.29, 1.82) is 0 Å². The number of hydrogen-bond acceptors (Lipinski definition) is 5. The maximum atomic E-state index is 11.7. The average molecular weight is 281 g/mol. The Labute approximate surface area is 117 Å². The van der Waals surface area contributed by atoms with Crippen LogP contribution in [0.5, 0.6) is 5.75 Å². The van der Waals surface area contributed by atoms with E-state index in [1.165, 1.54) is 7.11 Å². The number of esters is 1. The average Bonchev–Trinajstić information content (AvgIpc) is 2.49. The quantitative estimate of drug-likeness (QED) is 0.701. The standard InChI is InChI=1S/C14H19NO5/c1-19-12-6-4-3-5-10(12)7-8-13(17)15-11(9-16)14(18)20-2/h3-6,11,16H,7-9H2,1-2H3,(H,15,17). The van der Waals surface area contributed by atoms with E-state index in [-0.39, 0.29) is 12.3 Å². The van der Waals surface area contributed by atoms with Gasteiger partial charge in [0.15, 0.2) is 6.04 Å². The van der Waals surface area contributed by atoms with Gasteiger partial charge in [0, 0.05) is 6.42 Å². The van der Waals surface area contributed by atoms with Crippen LogP contribution in [0.2, 0.25) is 0 Å². The molecule has 0 aliphatic rings. The molecule has 0 saturated carbocycles. The molecule has 6 heteroatoms. The summed E-state index contributed by atoms with van der Waals surface area (Å²) in [6.07, 6.45) is 0.670. The first-order valence-electron chi connectivity index (χ1n) is 6.22. The Morgan fingerprint density at radius 2 is 2.00 bits per heavy atom. The lowest BCUT2D eigenvalue weighted by Crippen LogP contribution is -2.44. The smallest absolute Gasteiger partial charge is 0.330 e. The van der Waals surface area contributed by atoms with Crippen LogP contribution in [0.4, 0.5) is 0 Å². The largest absolute Gasteiger partial charge is 0.496 e. The van der Waals surface area contributed by atoms with Gasteiger partial charge in [-0.05, 0) is 18.1 Å². The van der Waals surface area contributed by atoms with Gasteiger partial charge in [-0.25, -0.2) is 4.79 Å². The third-order valence-electron chi connectivity index (χ3n) is 2.82. The van der Waals surface area contributed by atoms with Crippen molar-refractivity contribution in [2.24, 2.45) is 0 Å². The number of hydrogen-bond donors (Lipinski definition) is 2. The van der Waals surface area contributed by atoms with Crippen LogP contribution < -0.4 is 10.1 Å². The molecule has 0 aliphatic heterocycles. The summed E-state index contributed by atoms with van der Waals surface area (Å²) < 4.78 is 9.66. The highest BCUT2D eigenvalue weighted by Crippen LogP contribution is 2.18. The van der Waals surface area contributed by atoms with E-state index < -0.39 is 18.6 Å². The summed E-state index contributed by atoms with van der Waals surface area (Å²) in [7, 11) is 2.77. The molecule has 2 N–H and O–H groups in total. The van der Waals surface area contributed by atoms with Crippen molar-refractivity contribution in [3.63, 3.8) is 0 Å². The number of aliphatic hydroxyl groups excluding tert-OH is 1. The lowest BCUT2D eigenvalue weighted by Gasteiger charge is -2.14. The molecular weight excluding hydrogens is 262 g/mol. The number of nitrogens with one attached hydrogen (secondary N) is 1. The maximum absolute atomic E-state index is 11.7. The highest BCUT2D eigenvalue weighted by Gasteiger charge is 2.20. The molecule has 0 aromatic heterocycles. The molecule has 0 fully saturated rings. The molecule has 1 atom stereocenters. The van der Waals surface area contributed by atoms with Crippen LogP contribution >= 0.6 is 0 Å². The van der Waals surface area contributed by atoms with Crippen molar-refractivity contribution < 1.29 is 24.2 Å². The maximum Gasteiger partial charge on any atom is 0.330 e. The first-order chi connectivity index (χ1) is 9.62. The molecule has 1 aromatic carbocycles. The summed E-state index contributed by atoms with van der Waals surface area (Å²) in [4.78, 5) is 23.0. The Bertz CT molecular complexity index is 461. The summed E-state index contributed by atoms with van der Waals surface area (Å²) in [6, 6.07) is 6.38. The molecule has 0 bridgehead atoms. The third kappa shape index (κ3) is 4.55. The predicted molar refractivity (Wildman–Crippen MR) is 72.3 cm³/mol. The van der Waals surface area contributed by atoms with E-state index in [1.54, 1.807) is 7.11 Å². The summed E-state index contributed by atoms with van der Waals surface area (Å²) in [5.41, 5.74) is 0.906. The van der Waals surface area contributed by atoms with Gasteiger partial charge in [-0.2, -0.15) is 0 Å². The Morgan fingerprint density at radius 1 is 1.30 bits per heavy atom. The van der Waals surface area contributed by atoms with Crippen LogP contribution in [0, 0.1) is 0 Å². The second kappa shape index (κ2) is 8.16. The Hall–Kier alpha value is -2.08. The Morgan fingerprint density at radius 3 is 2.60 bits per heavy atom. The number of carbonyl (C=O) groups excluding carboxylic acids is 2. The number of para-hydroxylation sites is 1. The molecule has 1 rings (SSSR count). The lowest BCUT2D eigenvalue weighted by molar-refractivity contribution is -0.146. The van der Waals surface area contributed by atoms with Crippen LogP contribution in [0.15, 0.2) is 24.3 Å². The molecule has 0 radical (unpaired) electrons. The van der Waals surface area contributed by atoms with Gasteiger partial charge in [0.1, 0.15) is 5.75 Å². The molecule has 1 unspecified atom stereocenters. The number of rotatable bonds is 7. The summed E-state index contributed by atoms with van der Waals surface area (Å²) >= 11 is 0. The SMILES string of the molecule is COC(=O)C(CO)NC(=O)CCc1ccccc1OC. The van der Waals surface area contributed by atoms with E-state index in [0.717, 1.165) is 5.56 Å². The van der Waals surface area contributed by atoms with Gasteiger partial charge in [-0.15, -0.1) is 0 Å². The third-order valence-corrected chi connectivity index (χ3v) is 2.82. The van der Waals surface area contributed by atoms with E-state index in [9.17, 15) is 9.59 Å². The normalized spacial score (nSPS) is 11.6. The van der Waals surface area contributed by atoms with Gasteiger partial charge in [0.05, 0.1) is 20.8 Å². The van der Waals surface area contributed by atoms with Gasteiger partial charge >= 0.3 is 5.97 Å². The van der Waals surface area contributed by atoms with Crippen molar-refractivity contribution in [3.05, 3.63) is 29.8 Å². The monoisotopic (exact) mass is 281 g/mol. The number of methoxy groups -OCH3 is 2. The number of aliphatic hydroxyl groups is 1. The van der Waals surface area contributed by atoms with E-state index in [0.29, 0.717) is 12.2 Å². The summed E-state index contributed by atoms with van der Waals surface area (Å²) in [5, 5.41) is 11.4. The van der Waals surface area contributed by atoms with Crippen LogP contribution in [0.3, 0.4) is 0 Å². The highest BCUT2D eigenvalue weighted by molar-refractivity contribution is 5.84. The molecule has 0 spiro atoms. The van der Waals surface area contributed by atoms with Crippen molar-refractivity contribution in [2.45, 2.75) is 18.9 Å². The minimum absolute atomic E-state index is 0.188. The van der Waals surface area contributed by atoms with Crippen molar-refractivity contribution in [2.75, 3.05) is 20.8 Å². The summed E-state index contributed by atoms with van der Waals surface area (Å²) in [6.45, 7) is -0.493. The van der Waals surface area contributed by atoms with Crippen molar-refractivity contribution >= 4 is 11.9 Å². The van der Waals surface area contributed by atoms with Crippen LogP contribution in [0.1, 0.15) is 12.0 Å². The van der Waals surface area contributed by atoms with Gasteiger partial charge in [0.2, 0.25) is 5.91 Å². The lowest BCUT2D eigenvalue weighted by atomic mass is 10.1. The second-order valence-electron chi connectivity index (χ2n) is 4.14. The molecule has 20 heavy (non-hydrogen) atoms. The molecule has 0 saturated heterocycles. The van der Waals surface area contributed by atoms with E-state index >= 15 is 0 Å². The van der Waals surface area contributed by atoms with Gasteiger partial charge in [-0.3, -0.25) is 4.79 Å². The second-order valence-corrected chi connectivity index (χ2v) is 4.14. The number of aryl methyl sites for hydroxylation is 1. The van der Waals surface area contributed by atoms with E-state index in [2.05, 4.69) is 10.1 Å². The molecule has 1 aromatic rings. The van der Waals surface area contributed by atoms with Gasteiger partial charge in [-0.1, -0.05) is 18.2 Å². The topological polar surface area (TPSA) is 84.9 Å². The zero-order valence-corrected chi connectivity index (χ0v) is 11.6. The number of ether oxygens (including phenoxy) is 2. The van der Waals surface area contributed by atoms with Crippen LogP contribution in [-0.2, 0) is 20.7 Å². The van der Waals surface area contributed by atoms with Crippen molar-refractivity contribution in [3.8, 4) is 5.75 Å². The predicted octanol–water partition coefficient (Wildman–Crippen LogP) is 0.278. The first kappa shape index (κ1) is 16.0. The van der Waals surface area contributed by atoms with Gasteiger partial charge < -0.3 is 19.9 Å². The van der Waals surface area contributed by atoms with E-state index in [4.69, 9.17) is 9.84 Å². The van der Waals surface area contributed by atoms with Gasteiger partial charge in [0.25, 0.3) is 0 Å². The first-order valence-corrected chi connectivity index (χ1v) is 6.22. The Kier molecular flexibility index (Phi) is 6.52. The molecular formula is C14H19NO5. The van der Waals surface area contributed by atoms with Crippen molar-refractivity contribution in [1.82, 2.24) is 5.32 Å². The highest BCUT2D eigenvalue weighted by atomic mass is 16.5. The number of benzene rings is 1. The number of carbonyl (C=O) groups is 2. The fraction of sp³-hybridized carbons (Fsp3) is 0.429. The summed E-state index contributed by atoms with van der Waals surface area (Å²) in [5.74, 6) is -0.287. The number of amides is 1. The molecule has 0 aliphatic carbocycles. The minimum Gasteiger partial charge on any atom is -0.496 e. The Balaban J connectivity index is 2.52. The van der Waals surface area contributed by atoms with E-state index in [1.807, 2.05) is 24.3 Å². The molecule has 1 amide bonds. The fourth-order valence-corrected chi connectivity index (χ4v) is 1.75. The zero-order chi connectivity index (χ0) is 15.0. The molecule has 110 valence electrons. The van der Waals surface area contributed by atoms with Crippen LogP contribution in [0.25, 0.3) is 0 Å². The van der Waals surface area contributed by atoms with Crippen LogP contribution in [-0.4, -0.2) is 43.9 Å². The minimum atomic E-state index is -1.02. The molecule has 0 heterocycles. The fourth-order valence-electron chi connectivity index (χ4n) is 1.75.